The zero-order valence-corrected chi connectivity index (χ0v) is 28.8. The fraction of sp³-hybridized carbons (Fsp3) is 0.875. The molecule has 0 aliphatic rings. The standard InChI is InChI=1S/C40H76N/c1-4-7-10-13-16-19-21-24-27-30-33-39-36-40(34-31-28-25-22-20-17-14-11-8-5-2)38-41(37-39)35-32-29-26-23-18-15-12-9-6-3/h36-38H,4-35H2,1-3H3/q+1. The van der Waals surface area contributed by atoms with Gasteiger partial charge in [-0.25, -0.2) is 4.57 Å². The van der Waals surface area contributed by atoms with Crippen LogP contribution < -0.4 is 4.57 Å². The van der Waals surface area contributed by atoms with Crippen molar-refractivity contribution in [1.82, 2.24) is 0 Å². The molecule has 0 saturated heterocycles. The van der Waals surface area contributed by atoms with Crippen LogP contribution in [0.1, 0.15) is 218 Å². The van der Waals surface area contributed by atoms with Crippen LogP contribution >= 0.6 is 0 Å². The molecule has 0 spiro atoms. The summed E-state index contributed by atoms with van der Waals surface area (Å²) in [7, 11) is 0. The second-order valence-electron chi connectivity index (χ2n) is 13.5. The summed E-state index contributed by atoms with van der Waals surface area (Å²) in [6.45, 7) is 8.15. The smallest absolute Gasteiger partial charge is 0.171 e. The van der Waals surface area contributed by atoms with Crippen LogP contribution in [0.4, 0.5) is 0 Å². The molecule has 1 rings (SSSR count). The van der Waals surface area contributed by atoms with E-state index in [-0.39, 0.29) is 0 Å². The number of pyridine rings is 1. The Balaban J connectivity index is 2.36. The van der Waals surface area contributed by atoms with Crippen LogP contribution in [-0.2, 0) is 19.4 Å². The van der Waals surface area contributed by atoms with E-state index in [9.17, 15) is 0 Å². The van der Waals surface area contributed by atoms with Crippen LogP contribution in [-0.4, -0.2) is 0 Å². The van der Waals surface area contributed by atoms with Crippen LogP contribution in [0.5, 0.6) is 0 Å². The molecular weight excluding hydrogens is 494 g/mol. The molecule has 0 radical (unpaired) electrons. The van der Waals surface area contributed by atoms with Crippen LogP contribution in [0.25, 0.3) is 0 Å². The van der Waals surface area contributed by atoms with E-state index >= 15 is 0 Å². The Morgan fingerprint density at radius 1 is 0.341 bits per heavy atom. The Labute approximate surface area is 260 Å². The van der Waals surface area contributed by atoms with Crippen LogP contribution in [0, 0.1) is 0 Å². The molecule has 1 heteroatoms. The molecule has 0 unspecified atom stereocenters. The van der Waals surface area contributed by atoms with E-state index in [2.05, 4.69) is 43.8 Å². The van der Waals surface area contributed by atoms with E-state index in [0.717, 1.165) is 0 Å². The topological polar surface area (TPSA) is 3.88 Å². The summed E-state index contributed by atoms with van der Waals surface area (Å²) in [6, 6.07) is 2.56. The molecule has 0 aliphatic heterocycles. The molecule has 1 aromatic rings. The van der Waals surface area contributed by atoms with Crippen molar-refractivity contribution in [1.29, 1.82) is 0 Å². The third-order valence-corrected chi connectivity index (χ3v) is 9.19. The van der Waals surface area contributed by atoms with Crippen molar-refractivity contribution in [3.63, 3.8) is 0 Å². The lowest BCUT2D eigenvalue weighted by molar-refractivity contribution is -0.698. The maximum Gasteiger partial charge on any atom is 0.171 e. The minimum atomic E-state index is 1.22. The zero-order chi connectivity index (χ0) is 29.5. The molecule has 1 heterocycles. The van der Waals surface area contributed by atoms with Gasteiger partial charge in [0.1, 0.15) is 6.54 Å². The first-order valence-corrected chi connectivity index (χ1v) is 19.3. The summed E-state index contributed by atoms with van der Waals surface area (Å²) < 4.78 is 2.57. The van der Waals surface area contributed by atoms with Crippen LogP contribution in [0.15, 0.2) is 18.5 Å². The third-order valence-electron chi connectivity index (χ3n) is 9.19. The van der Waals surface area contributed by atoms with E-state index in [0.29, 0.717) is 0 Å². The van der Waals surface area contributed by atoms with Gasteiger partial charge < -0.3 is 0 Å². The molecule has 41 heavy (non-hydrogen) atoms. The first kappa shape index (κ1) is 38.2. The number of nitrogens with zero attached hydrogens (tertiary/aromatic N) is 1. The maximum atomic E-state index is 2.57. The van der Waals surface area contributed by atoms with Gasteiger partial charge in [-0.15, -0.1) is 0 Å². The minimum absolute atomic E-state index is 1.22. The monoisotopic (exact) mass is 571 g/mol. The van der Waals surface area contributed by atoms with Gasteiger partial charge in [0.05, 0.1) is 0 Å². The average molecular weight is 571 g/mol. The van der Waals surface area contributed by atoms with Gasteiger partial charge in [-0.2, -0.15) is 0 Å². The maximum absolute atomic E-state index is 2.57. The largest absolute Gasteiger partial charge is 0.205 e. The molecule has 0 bridgehead atoms. The summed E-state index contributed by atoms with van der Waals surface area (Å²) >= 11 is 0. The number of aryl methyl sites for hydroxylation is 3. The van der Waals surface area contributed by atoms with E-state index in [1.807, 2.05) is 0 Å². The number of hydrogen-bond acceptors (Lipinski definition) is 0. The number of unbranched alkanes of at least 4 members (excludes halogenated alkanes) is 26. The Kier molecular flexibility index (Phi) is 28.5. The number of hydrogen-bond donors (Lipinski definition) is 0. The van der Waals surface area contributed by atoms with Crippen molar-refractivity contribution in [3.05, 3.63) is 29.6 Å². The van der Waals surface area contributed by atoms with Gasteiger partial charge >= 0.3 is 0 Å². The van der Waals surface area contributed by atoms with Gasteiger partial charge in [0.15, 0.2) is 12.4 Å². The van der Waals surface area contributed by atoms with Crippen molar-refractivity contribution < 1.29 is 4.57 Å². The zero-order valence-electron chi connectivity index (χ0n) is 28.8. The highest BCUT2D eigenvalue weighted by Crippen LogP contribution is 2.16. The molecule has 0 atom stereocenters. The SMILES string of the molecule is CCCCCCCCCCCCc1cc(CCCCCCCCCCCC)c[n+](CCCCCCCCCCC)c1. The fourth-order valence-corrected chi connectivity index (χ4v) is 6.42. The highest BCUT2D eigenvalue weighted by molar-refractivity contribution is 5.15. The molecule has 0 fully saturated rings. The molecule has 0 N–H and O–H groups in total. The lowest BCUT2D eigenvalue weighted by Crippen LogP contribution is -2.34. The molecule has 0 saturated carbocycles. The Morgan fingerprint density at radius 3 is 0.927 bits per heavy atom. The summed E-state index contributed by atoms with van der Waals surface area (Å²) in [5.41, 5.74) is 3.20. The number of rotatable bonds is 32. The molecule has 0 aliphatic carbocycles. The highest BCUT2D eigenvalue weighted by atomic mass is 14.9. The summed E-state index contributed by atoms with van der Waals surface area (Å²) in [6.07, 6.45) is 48.8. The molecule has 0 aromatic carbocycles. The molecule has 0 amide bonds. The summed E-state index contributed by atoms with van der Waals surface area (Å²) in [5.74, 6) is 0. The van der Waals surface area contributed by atoms with Crippen LogP contribution in [0.3, 0.4) is 0 Å². The van der Waals surface area contributed by atoms with E-state index in [1.54, 1.807) is 11.1 Å². The van der Waals surface area contributed by atoms with Crippen molar-refractivity contribution in [3.8, 4) is 0 Å². The van der Waals surface area contributed by atoms with Gasteiger partial charge in [-0.05, 0) is 38.2 Å². The Hall–Kier alpha value is -0.850. The molecular formula is C40H76N+. The fourth-order valence-electron chi connectivity index (χ4n) is 6.42. The van der Waals surface area contributed by atoms with E-state index < -0.39 is 0 Å². The van der Waals surface area contributed by atoms with E-state index in [4.69, 9.17) is 0 Å². The van der Waals surface area contributed by atoms with Gasteiger partial charge in [-0.3, -0.25) is 0 Å². The first-order valence-electron chi connectivity index (χ1n) is 19.3. The normalized spacial score (nSPS) is 11.5. The van der Waals surface area contributed by atoms with Gasteiger partial charge in [0.25, 0.3) is 0 Å². The van der Waals surface area contributed by atoms with Crippen molar-refractivity contribution in [2.24, 2.45) is 0 Å². The minimum Gasteiger partial charge on any atom is -0.205 e. The second kappa shape index (κ2) is 30.6. The molecule has 1 nitrogen and oxygen atoms in total. The van der Waals surface area contributed by atoms with Gasteiger partial charge in [-0.1, -0.05) is 181 Å². The van der Waals surface area contributed by atoms with Crippen molar-refractivity contribution in [2.75, 3.05) is 0 Å². The van der Waals surface area contributed by atoms with Gasteiger partial charge in [0.2, 0.25) is 0 Å². The predicted octanol–water partition coefficient (Wildman–Crippen LogP) is 13.4. The Bertz CT molecular complexity index is 608. The summed E-state index contributed by atoms with van der Waals surface area (Å²) in [5, 5.41) is 0. The quantitative estimate of drug-likeness (QED) is 0.0599. The molecule has 1 aromatic heterocycles. The highest BCUT2D eigenvalue weighted by Gasteiger charge is 2.09. The average Bonchev–Trinajstić information content (AvgIpc) is 2.98. The lowest BCUT2D eigenvalue weighted by Gasteiger charge is -2.07. The third kappa shape index (κ3) is 25.4. The lowest BCUT2D eigenvalue weighted by atomic mass is 10.0. The molecule has 240 valence electrons. The first-order chi connectivity index (χ1) is 20.3. The number of aromatic nitrogens is 1. The van der Waals surface area contributed by atoms with Crippen LogP contribution in [0.2, 0.25) is 0 Å². The van der Waals surface area contributed by atoms with Gasteiger partial charge in [0, 0.05) is 17.5 Å². The van der Waals surface area contributed by atoms with Crippen molar-refractivity contribution in [2.45, 2.75) is 226 Å². The van der Waals surface area contributed by atoms with E-state index in [1.165, 1.54) is 206 Å². The second-order valence-corrected chi connectivity index (χ2v) is 13.5. The van der Waals surface area contributed by atoms with Crippen molar-refractivity contribution >= 4 is 0 Å². The summed E-state index contributed by atoms with van der Waals surface area (Å²) in [4.78, 5) is 0. The predicted molar refractivity (Wildman–Crippen MR) is 185 cm³/mol. The Morgan fingerprint density at radius 2 is 0.610 bits per heavy atom.